The quantitative estimate of drug-likeness (QED) is 0.323. The molecule has 4 aromatic rings. The Morgan fingerprint density at radius 1 is 1.06 bits per heavy atom. The van der Waals surface area contributed by atoms with E-state index in [9.17, 15) is 4.79 Å². The highest BCUT2D eigenvalue weighted by Gasteiger charge is 2.13. The molecule has 0 radical (unpaired) electrons. The molecule has 0 aliphatic rings. The summed E-state index contributed by atoms with van der Waals surface area (Å²) in [5, 5.41) is 8.10. The first-order chi connectivity index (χ1) is 15.5. The zero-order valence-electron chi connectivity index (χ0n) is 18.3. The van der Waals surface area contributed by atoms with E-state index in [-0.39, 0.29) is 5.91 Å². The standard InChI is InChI=1S/C24H25N5O2S/c1-16-8-4-7-11-21(16)31-13-12-25-22(30)20-10-6-5-9-19(20)15-32-24-27-23-26-17(2)14-18(3)29(23)28-24/h4-11,14H,12-13,15H2,1-3H3,(H,25,30). The minimum Gasteiger partial charge on any atom is -0.491 e. The van der Waals surface area contributed by atoms with Crippen molar-refractivity contribution in [2.24, 2.45) is 0 Å². The van der Waals surface area contributed by atoms with Crippen molar-refractivity contribution in [2.45, 2.75) is 31.7 Å². The van der Waals surface area contributed by atoms with Gasteiger partial charge >= 0.3 is 0 Å². The third kappa shape index (κ3) is 5.08. The molecule has 32 heavy (non-hydrogen) atoms. The molecule has 0 spiro atoms. The first kappa shape index (κ1) is 21.8. The molecule has 2 aromatic carbocycles. The molecule has 0 saturated heterocycles. The van der Waals surface area contributed by atoms with Crippen LogP contribution >= 0.6 is 11.8 Å². The summed E-state index contributed by atoms with van der Waals surface area (Å²) in [5.41, 5.74) is 4.54. The topological polar surface area (TPSA) is 81.4 Å². The molecule has 1 amide bonds. The average Bonchev–Trinajstić information content (AvgIpc) is 3.20. The number of ether oxygens (including phenoxy) is 1. The molecule has 0 fully saturated rings. The Morgan fingerprint density at radius 2 is 1.84 bits per heavy atom. The highest BCUT2D eigenvalue weighted by Crippen LogP contribution is 2.23. The summed E-state index contributed by atoms with van der Waals surface area (Å²) in [6.45, 7) is 6.75. The molecular formula is C24H25N5O2S. The number of hydrogen-bond donors (Lipinski definition) is 1. The summed E-state index contributed by atoms with van der Waals surface area (Å²) in [5.74, 6) is 1.88. The number of hydrogen-bond acceptors (Lipinski definition) is 6. The van der Waals surface area contributed by atoms with Crippen molar-refractivity contribution in [3.63, 3.8) is 0 Å². The van der Waals surface area contributed by atoms with Crippen molar-refractivity contribution in [3.8, 4) is 5.75 Å². The number of carbonyl (C=O) groups is 1. The number of amides is 1. The van der Waals surface area contributed by atoms with Crippen molar-refractivity contribution >= 4 is 23.4 Å². The van der Waals surface area contributed by atoms with Gasteiger partial charge in [-0.1, -0.05) is 48.2 Å². The molecule has 8 heteroatoms. The summed E-state index contributed by atoms with van der Waals surface area (Å²) < 4.78 is 7.50. The number of benzene rings is 2. The number of rotatable bonds is 8. The van der Waals surface area contributed by atoms with E-state index >= 15 is 0 Å². The molecule has 0 aliphatic heterocycles. The number of para-hydroxylation sites is 1. The Morgan fingerprint density at radius 3 is 2.69 bits per heavy atom. The minimum atomic E-state index is -0.120. The van der Waals surface area contributed by atoms with Crippen molar-refractivity contribution in [2.75, 3.05) is 13.2 Å². The van der Waals surface area contributed by atoms with Crippen LogP contribution in [-0.2, 0) is 5.75 Å². The van der Waals surface area contributed by atoms with Gasteiger partial charge in [-0.25, -0.2) is 9.50 Å². The summed E-state index contributed by atoms with van der Waals surface area (Å²) in [4.78, 5) is 21.7. The lowest BCUT2D eigenvalue weighted by molar-refractivity contribution is 0.0946. The number of aryl methyl sites for hydroxylation is 3. The summed E-state index contributed by atoms with van der Waals surface area (Å²) in [6, 6.07) is 17.4. The van der Waals surface area contributed by atoms with Gasteiger partial charge in [-0.15, -0.1) is 5.10 Å². The zero-order valence-corrected chi connectivity index (χ0v) is 19.1. The van der Waals surface area contributed by atoms with Crippen molar-refractivity contribution in [1.82, 2.24) is 24.9 Å². The Bertz CT molecular complexity index is 1250. The first-order valence-electron chi connectivity index (χ1n) is 10.4. The van der Waals surface area contributed by atoms with Crippen molar-refractivity contribution in [1.29, 1.82) is 0 Å². The van der Waals surface area contributed by atoms with Crippen LogP contribution in [0.3, 0.4) is 0 Å². The fourth-order valence-corrected chi connectivity index (χ4v) is 4.18. The van der Waals surface area contributed by atoms with E-state index in [0.29, 0.717) is 35.4 Å². The van der Waals surface area contributed by atoms with E-state index in [1.165, 1.54) is 11.8 Å². The van der Waals surface area contributed by atoms with E-state index in [1.54, 1.807) is 4.52 Å². The second-order valence-corrected chi connectivity index (χ2v) is 8.40. The van der Waals surface area contributed by atoms with E-state index in [4.69, 9.17) is 4.74 Å². The number of carbonyl (C=O) groups excluding carboxylic acids is 1. The molecule has 0 atom stereocenters. The van der Waals surface area contributed by atoms with Crippen molar-refractivity contribution < 1.29 is 9.53 Å². The second-order valence-electron chi connectivity index (χ2n) is 7.46. The summed E-state index contributed by atoms with van der Waals surface area (Å²) >= 11 is 1.48. The first-order valence-corrected chi connectivity index (χ1v) is 11.4. The van der Waals surface area contributed by atoms with Crippen LogP contribution in [0.25, 0.3) is 5.78 Å². The Kier molecular flexibility index (Phi) is 6.70. The van der Waals surface area contributed by atoms with Crippen LogP contribution in [0.4, 0.5) is 0 Å². The lowest BCUT2D eigenvalue weighted by atomic mass is 10.1. The SMILES string of the molecule is Cc1cc(C)n2nc(SCc3ccccc3C(=O)NCCOc3ccccc3C)nc2n1. The molecule has 0 unspecified atom stereocenters. The van der Waals surface area contributed by atoms with Gasteiger partial charge in [0.2, 0.25) is 5.16 Å². The van der Waals surface area contributed by atoms with Gasteiger partial charge in [-0.05, 0) is 50.1 Å². The number of nitrogens with zero attached hydrogens (tertiary/aromatic N) is 4. The molecule has 0 aliphatic carbocycles. The predicted octanol–water partition coefficient (Wildman–Crippen LogP) is 4.15. The van der Waals surface area contributed by atoms with Gasteiger partial charge < -0.3 is 10.1 Å². The second kappa shape index (κ2) is 9.82. The molecule has 1 N–H and O–H groups in total. The monoisotopic (exact) mass is 447 g/mol. The molecule has 7 nitrogen and oxygen atoms in total. The predicted molar refractivity (Wildman–Crippen MR) is 125 cm³/mol. The van der Waals surface area contributed by atoms with Crippen LogP contribution < -0.4 is 10.1 Å². The van der Waals surface area contributed by atoms with Crippen LogP contribution in [0.5, 0.6) is 5.75 Å². The van der Waals surface area contributed by atoms with E-state index < -0.39 is 0 Å². The van der Waals surface area contributed by atoms with Crippen LogP contribution in [0.1, 0.15) is 32.9 Å². The molecule has 164 valence electrons. The molecule has 0 bridgehead atoms. The van der Waals surface area contributed by atoms with Gasteiger partial charge in [0.25, 0.3) is 11.7 Å². The van der Waals surface area contributed by atoms with Crippen LogP contribution in [-0.4, -0.2) is 38.6 Å². The van der Waals surface area contributed by atoms with Gasteiger partial charge in [0.05, 0.1) is 6.54 Å². The normalized spacial score (nSPS) is 11.0. The van der Waals surface area contributed by atoms with E-state index in [0.717, 1.165) is 28.3 Å². The lowest BCUT2D eigenvalue weighted by Crippen LogP contribution is -2.28. The molecule has 4 rings (SSSR count). The Labute approximate surface area is 191 Å². The largest absolute Gasteiger partial charge is 0.491 e. The highest BCUT2D eigenvalue weighted by molar-refractivity contribution is 7.98. The van der Waals surface area contributed by atoms with Gasteiger partial charge in [0.15, 0.2) is 0 Å². The molecule has 2 heterocycles. The smallest absolute Gasteiger partial charge is 0.253 e. The van der Waals surface area contributed by atoms with Gasteiger partial charge in [-0.2, -0.15) is 4.98 Å². The fourth-order valence-electron chi connectivity index (χ4n) is 3.36. The van der Waals surface area contributed by atoms with E-state index in [2.05, 4.69) is 20.4 Å². The van der Waals surface area contributed by atoms with Crippen LogP contribution in [0.2, 0.25) is 0 Å². The Balaban J connectivity index is 1.36. The lowest BCUT2D eigenvalue weighted by Gasteiger charge is -2.11. The maximum atomic E-state index is 12.8. The highest BCUT2D eigenvalue weighted by atomic mass is 32.2. The maximum Gasteiger partial charge on any atom is 0.253 e. The molecule has 2 aromatic heterocycles. The third-order valence-electron chi connectivity index (χ3n) is 4.96. The summed E-state index contributed by atoms with van der Waals surface area (Å²) in [6.07, 6.45) is 0. The molecule has 0 saturated carbocycles. The zero-order chi connectivity index (χ0) is 22.5. The van der Waals surface area contributed by atoms with Crippen LogP contribution in [0, 0.1) is 20.8 Å². The van der Waals surface area contributed by atoms with Gasteiger partial charge in [0, 0.05) is 22.7 Å². The third-order valence-corrected chi connectivity index (χ3v) is 5.84. The number of thioether (sulfide) groups is 1. The maximum absolute atomic E-state index is 12.8. The van der Waals surface area contributed by atoms with Gasteiger partial charge in [-0.3, -0.25) is 4.79 Å². The fraction of sp³-hybridized carbons (Fsp3) is 0.250. The van der Waals surface area contributed by atoms with Crippen LogP contribution in [0.15, 0.2) is 59.8 Å². The average molecular weight is 448 g/mol. The van der Waals surface area contributed by atoms with Gasteiger partial charge in [0.1, 0.15) is 12.4 Å². The molecular weight excluding hydrogens is 422 g/mol. The number of fused-ring (bicyclic) bond motifs is 1. The minimum absolute atomic E-state index is 0.120. The number of nitrogens with one attached hydrogen (secondary N) is 1. The summed E-state index contributed by atoms with van der Waals surface area (Å²) in [7, 11) is 0. The number of aromatic nitrogens is 4. The van der Waals surface area contributed by atoms with Crippen molar-refractivity contribution in [3.05, 3.63) is 82.7 Å². The van der Waals surface area contributed by atoms with E-state index in [1.807, 2.05) is 75.4 Å². The Hall–Kier alpha value is -3.39.